The van der Waals surface area contributed by atoms with Crippen molar-refractivity contribution in [2.24, 2.45) is 28.1 Å². The van der Waals surface area contributed by atoms with Gasteiger partial charge in [-0.25, -0.2) is 4.79 Å². The smallest absolute Gasteiger partial charge is 0.374 e. The SMILES string of the molecule is CC[C@@]12CCC3=CC(=O)CC[C@]3(C)[C@H]1[C@@H](O)C[C@@]1(CC)[C@H]2CC[C@@]1(COCO)OC(=O)c1ccco1. The molecule has 7 heteroatoms. The van der Waals surface area contributed by atoms with Crippen LogP contribution in [-0.4, -0.2) is 47.1 Å². The first kappa shape index (κ1) is 25.7. The Bertz CT molecular complexity index is 1030. The second kappa shape index (κ2) is 9.10. The Labute approximate surface area is 213 Å². The fourth-order valence-corrected chi connectivity index (χ4v) is 9.51. The van der Waals surface area contributed by atoms with Crippen molar-refractivity contribution in [3.05, 3.63) is 35.8 Å². The largest absolute Gasteiger partial charge is 0.457 e. The number of carbonyl (C=O) groups is 2. The minimum Gasteiger partial charge on any atom is -0.457 e. The minimum absolute atomic E-state index is 0.0445. The van der Waals surface area contributed by atoms with E-state index in [-0.39, 0.29) is 40.8 Å². The van der Waals surface area contributed by atoms with E-state index in [1.54, 1.807) is 12.1 Å². The Morgan fingerprint density at radius 2 is 2.00 bits per heavy atom. The van der Waals surface area contributed by atoms with Gasteiger partial charge < -0.3 is 24.1 Å². The number of carbonyl (C=O) groups excluding carboxylic acids is 2. The zero-order chi connectivity index (χ0) is 25.8. The summed E-state index contributed by atoms with van der Waals surface area (Å²) >= 11 is 0. The summed E-state index contributed by atoms with van der Waals surface area (Å²) in [5, 5.41) is 21.6. The number of fused-ring (bicyclic) bond motifs is 5. The van der Waals surface area contributed by atoms with Crippen molar-refractivity contribution in [2.45, 2.75) is 90.3 Å². The maximum Gasteiger partial charge on any atom is 0.374 e. The number of hydrogen-bond acceptors (Lipinski definition) is 7. The average Bonchev–Trinajstić information content (AvgIpc) is 3.51. The van der Waals surface area contributed by atoms with Crippen LogP contribution in [0.2, 0.25) is 0 Å². The van der Waals surface area contributed by atoms with Crippen LogP contribution in [0.3, 0.4) is 0 Å². The Balaban J connectivity index is 1.60. The first-order chi connectivity index (χ1) is 17.2. The third-order valence-corrected chi connectivity index (χ3v) is 10.9. The number of aliphatic hydroxyl groups is 2. The molecule has 7 atom stereocenters. The third-order valence-electron chi connectivity index (χ3n) is 10.9. The van der Waals surface area contributed by atoms with Crippen LogP contribution in [0.1, 0.15) is 89.1 Å². The zero-order valence-electron chi connectivity index (χ0n) is 21.8. The first-order valence-corrected chi connectivity index (χ1v) is 13.6. The zero-order valence-corrected chi connectivity index (χ0v) is 21.8. The topological polar surface area (TPSA) is 106 Å². The molecule has 198 valence electrons. The molecule has 5 rings (SSSR count). The molecule has 0 spiro atoms. The highest BCUT2D eigenvalue weighted by Gasteiger charge is 2.73. The quantitative estimate of drug-likeness (QED) is 0.409. The van der Waals surface area contributed by atoms with Crippen molar-refractivity contribution in [3.63, 3.8) is 0 Å². The number of esters is 1. The van der Waals surface area contributed by atoms with E-state index in [2.05, 4.69) is 20.8 Å². The van der Waals surface area contributed by atoms with Gasteiger partial charge >= 0.3 is 5.97 Å². The Morgan fingerprint density at radius 3 is 2.67 bits per heavy atom. The highest BCUT2D eigenvalue weighted by atomic mass is 16.6. The van der Waals surface area contributed by atoms with Gasteiger partial charge in [0, 0.05) is 11.8 Å². The summed E-state index contributed by atoms with van der Waals surface area (Å²) in [5.41, 5.74) is -0.629. The summed E-state index contributed by atoms with van der Waals surface area (Å²) in [6.07, 6.45) is 9.40. The van der Waals surface area contributed by atoms with E-state index in [4.69, 9.17) is 13.9 Å². The van der Waals surface area contributed by atoms with Crippen LogP contribution in [0.4, 0.5) is 0 Å². The average molecular weight is 501 g/mol. The molecule has 0 unspecified atom stereocenters. The van der Waals surface area contributed by atoms with Gasteiger partial charge in [0.1, 0.15) is 12.4 Å². The van der Waals surface area contributed by atoms with E-state index in [1.807, 2.05) is 6.08 Å². The van der Waals surface area contributed by atoms with Gasteiger partial charge in [-0.3, -0.25) is 4.79 Å². The Kier molecular flexibility index (Phi) is 6.49. The number of hydrogen-bond donors (Lipinski definition) is 2. The van der Waals surface area contributed by atoms with Gasteiger partial charge in [-0.1, -0.05) is 26.3 Å². The minimum atomic E-state index is -0.979. The van der Waals surface area contributed by atoms with Gasteiger partial charge in [0.25, 0.3) is 0 Å². The lowest BCUT2D eigenvalue weighted by molar-refractivity contribution is -0.234. The van der Waals surface area contributed by atoms with Crippen molar-refractivity contribution < 1.29 is 33.7 Å². The number of ketones is 1. The van der Waals surface area contributed by atoms with Crippen LogP contribution in [0.25, 0.3) is 0 Å². The molecule has 4 aliphatic carbocycles. The molecule has 7 nitrogen and oxygen atoms in total. The van der Waals surface area contributed by atoms with E-state index in [0.717, 1.165) is 38.5 Å². The molecule has 0 radical (unpaired) electrons. The molecule has 0 bridgehead atoms. The van der Waals surface area contributed by atoms with Crippen molar-refractivity contribution in [3.8, 4) is 0 Å². The third kappa shape index (κ3) is 3.42. The van der Waals surface area contributed by atoms with Crippen LogP contribution in [-0.2, 0) is 14.3 Å². The number of rotatable bonds is 7. The summed E-state index contributed by atoms with van der Waals surface area (Å²) in [6, 6.07) is 3.25. The summed E-state index contributed by atoms with van der Waals surface area (Å²) in [4.78, 5) is 25.5. The van der Waals surface area contributed by atoms with Crippen molar-refractivity contribution in [1.29, 1.82) is 0 Å². The van der Waals surface area contributed by atoms with Crippen molar-refractivity contribution in [1.82, 2.24) is 0 Å². The van der Waals surface area contributed by atoms with Crippen LogP contribution < -0.4 is 0 Å². The lowest BCUT2D eigenvalue weighted by Gasteiger charge is -2.67. The molecule has 0 aromatic carbocycles. The van der Waals surface area contributed by atoms with Gasteiger partial charge in [-0.2, -0.15) is 0 Å². The Hall–Kier alpha value is -1.96. The molecule has 36 heavy (non-hydrogen) atoms. The summed E-state index contributed by atoms with van der Waals surface area (Å²) in [7, 11) is 0. The predicted octanol–water partition coefficient (Wildman–Crippen LogP) is 4.81. The summed E-state index contributed by atoms with van der Waals surface area (Å²) in [6.45, 7) is 6.23. The molecule has 0 saturated heterocycles. The number of furan rings is 1. The number of ether oxygens (including phenoxy) is 2. The molecule has 4 aliphatic rings. The van der Waals surface area contributed by atoms with Gasteiger partial charge in [0.15, 0.2) is 5.78 Å². The molecular weight excluding hydrogens is 460 g/mol. The summed E-state index contributed by atoms with van der Waals surface area (Å²) < 4.78 is 17.3. The molecule has 0 amide bonds. The molecule has 2 N–H and O–H groups in total. The molecule has 3 saturated carbocycles. The maximum atomic E-state index is 13.2. The van der Waals surface area contributed by atoms with Crippen LogP contribution in [0.15, 0.2) is 34.5 Å². The standard InChI is InChI=1S/C29H40O7/c1-4-27-12-8-19-15-20(31)9-11-26(19,3)24(27)21(32)16-28(5-2)23(27)10-13-29(28,17-34-18-30)36-25(33)22-7-6-14-35-22/h6-7,14-15,21,23-24,30,32H,4-5,8-13,16-18H2,1-3H3/t21-,23-,24+,26-,27-,28-,29-/m0/s1. The number of aliphatic hydroxyl groups excluding tert-OH is 2. The fourth-order valence-electron chi connectivity index (χ4n) is 9.51. The second-order valence-corrected chi connectivity index (χ2v) is 11.8. The van der Waals surface area contributed by atoms with Crippen LogP contribution in [0.5, 0.6) is 0 Å². The van der Waals surface area contributed by atoms with Crippen LogP contribution >= 0.6 is 0 Å². The first-order valence-electron chi connectivity index (χ1n) is 13.6. The molecular formula is C29H40O7. The fraction of sp³-hybridized carbons (Fsp3) is 0.724. The van der Waals surface area contributed by atoms with Gasteiger partial charge in [-0.15, -0.1) is 0 Å². The predicted molar refractivity (Wildman–Crippen MR) is 132 cm³/mol. The van der Waals surface area contributed by atoms with Gasteiger partial charge in [-0.05, 0) is 92.2 Å². The summed E-state index contributed by atoms with van der Waals surface area (Å²) in [5.74, 6) is 0.0629. The van der Waals surface area contributed by atoms with Crippen molar-refractivity contribution >= 4 is 11.8 Å². The number of allylic oxidation sites excluding steroid dienone is 1. The lowest BCUT2D eigenvalue weighted by atomic mass is 9.38. The van der Waals surface area contributed by atoms with E-state index < -0.39 is 29.9 Å². The molecule has 3 fully saturated rings. The lowest BCUT2D eigenvalue weighted by Crippen LogP contribution is -2.66. The Morgan fingerprint density at radius 1 is 1.19 bits per heavy atom. The van der Waals surface area contributed by atoms with E-state index >= 15 is 0 Å². The molecule has 1 aromatic rings. The molecule has 0 aliphatic heterocycles. The normalized spacial score (nSPS) is 41.8. The second-order valence-electron chi connectivity index (χ2n) is 11.8. The maximum absolute atomic E-state index is 13.2. The van der Waals surface area contributed by atoms with Crippen LogP contribution in [0, 0.1) is 28.1 Å². The molecule has 1 aromatic heterocycles. The van der Waals surface area contributed by atoms with E-state index in [0.29, 0.717) is 19.3 Å². The molecule has 1 heterocycles. The van der Waals surface area contributed by atoms with E-state index in [9.17, 15) is 19.8 Å². The van der Waals surface area contributed by atoms with Gasteiger partial charge in [0.05, 0.1) is 19.0 Å². The highest BCUT2D eigenvalue weighted by molar-refractivity contribution is 5.91. The highest BCUT2D eigenvalue weighted by Crippen LogP contribution is 2.74. The van der Waals surface area contributed by atoms with Crippen molar-refractivity contribution in [2.75, 3.05) is 13.4 Å². The van der Waals surface area contributed by atoms with Gasteiger partial charge in [0.2, 0.25) is 5.76 Å². The van der Waals surface area contributed by atoms with E-state index in [1.165, 1.54) is 11.8 Å². The monoisotopic (exact) mass is 500 g/mol.